The summed E-state index contributed by atoms with van der Waals surface area (Å²) in [6.07, 6.45) is -0.203. The first-order valence-corrected chi connectivity index (χ1v) is 9.67. The second-order valence-corrected chi connectivity index (χ2v) is 7.69. The Morgan fingerprint density at radius 3 is 2.31 bits per heavy atom. The number of carbonyl (C=O) groups is 1. The number of carbonyl (C=O) groups excluding carboxylic acids is 1. The third-order valence-electron chi connectivity index (χ3n) is 5.15. The van der Waals surface area contributed by atoms with Crippen LogP contribution in [0.15, 0.2) is 24.7 Å². The van der Waals surface area contributed by atoms with Crippen LogP contribution >= 0.6 is 0 Å². The molecule has 4 rings (SSSR count). The van der Waals surface area contributed by atoms with Gasteiger partial charge in [-0.3, -0.25) is 14.2 Å². The summed E-state index contributed by atoms with van der Waals surface area (Å²) < 4.78 is 45.2. The molecule has 0 aliphatic carbocycles. The number of hydrogen-bond donors (Lipinski definition) is 0. The number of alkyl halides is 3. The lowest BCUT2D eigenvalue weighted by molar-refractivity contribution is -0.142. The van der Waals surface area contributed by atoms with Crippen LogP contribution in [0.3, 0.4) is 0 Å². The molecule has 168 valence electrons. The van der Waals surface area contributed by atoms with E-state index in [9.17, 15) is 18.0 Å². The highest BCUT2D eigenvalue weighted by molar-refractivity contribution is 5.99. The largest absolute Gasteiger partial charge is 0.433 e. The van der Waals surface area contributed by atoms with Crippen molar-refractivity contribution in [3.63, 3.8) is 0 Å². The van der Waals surface area contributed by atoms with E-state index in [1.54, 1.807) is 45.1 Å². The first-order chi connectivity index (χ1) is 15.0. The van der Waals surface area contributed by atoms with Crippen molar-refractivity contribution < 1.29 is 18.0 Å². The lowest BCUT2D eigenvalue weighted by Crippen LogP contribution is -2.26. The number of aromatic nitrogens is 7. The van der Waals surface area contributed by atoms with Crippen LogP contribution in [-0.2, 0) is 26.8 Å². The van der Waals surface area contributed by atoms with E-state index in [2.05, 4.69) is 20.3 Å². The highest BCUT2D eigenvalue weighted by Crippen LogP contribution is 2.33. The third-order valence-corrected chi connectivity index (χ3v) is 5.15. The molecule has 0 aliphatic rings. The molecule has 1 amide bonds. The van der Waals surface area contributed by atoms with E-state index in [0.29, 0.717) is 15.8 Å². The number of halogens is 3. The Morgan fingerprint density at radius 1 is 1.09 bits per heavy atom. The van der Waals surface area contributed by atoms with Crippen molar-refractivity contribution in [3.8, 4) is 11.3 Å². The number of amides is 1. The summed E-state index contributed by atoms with van der Waals surface area (Å²) in [7, 11) is 5.01. The monoisotopic (exact) mass is 446 g/mol. The predicted molar refractivity (Wildman–Crippen MR) is 109 cm³/mol. The van der Waals surface area contributed by atoms with Gasteiger partial charge in [-0.15, -0.1) is 0 Å². The number of aryl methyl sites for hydroxylation is 4. The minimum absolute atomic E-state index is 0.0251. The van der Waals surface area contributed by atoms with Crippen LogP contribution in [-0.4, -0.2) is 52.0 Å². The molecule has 4 heterocycles. The average molecular weight is 446 g/mol. The number of rotatable bonds is 4. The number of fused-ring (bicyclic) bond motifs is 1. The van der Waals surface area contributed by atoms with E-state index in [4.69, 9.17) is 0 Å². The molecule has 0 saturated carbocycles. The van der Waals surface area contributed by atoms with Gasteiger partial charge in [-0.1, -0.05) is 0 Å². The maximum atomic E-state index is 13.8. The zero-order chi connectivity index (χ0) is 23.4. The summed E-state index contributed by atoms with van der Waals surface area (Å²) >= 11 is 0. The van der Waals surface area contributed by atoms with E-state index >= 15 is 0 Å². The lowest BCUT2D eigenvalue weighted by Gasteiger charge is -2.16. The van der Waals surface area contributed by atoms with Gasteiger partial charge in [0.15, 0.2) is 11.3 Å². The Morgan fingerprint density at radius 2 is 1.75 bits per heavy atom. The van der Waals surface area contributed by atoms with Crippen molar-refractivity contribution in [2.24, 2.45) is 14.1 Å². The van der Waals surface area contributed by atoms with Gasteiger partial charge < -0.3 is 4.90 Å². The van der Waals surface area contributed by atoms with Gasteiger partial charge >= 0.3 is 6.18 Å². The molecule has 0 bridgehead atoms. The molecule has 0 saturated heterocycles. The topological polar surface area (TPSA) is 86.1 Å². The van der Waals surface area contributed by atoms with Crippen LogP contribution in [0.4, 0.5) is 13.2 Å². The summed E-state index contributed by atoms with van der Waals surface area (Å²) in [5.74, 6) is -0.496. The van der Waals surface area contributed by atoms with E-state index in [-0.39, 0.29) is 23.4 Å². The van der Waals surface area contributed by atoms with Gasteiger partial charge in [0.1, 0.15) is 5.56 Å². The van der Waals surface area contributed by atoms with Gasteiger partial charge in [-0.25, -0.2) is 9.50 Å². The van der Waals surface area contributed by atoms with Crippen molar-refractivity contribution in [2.75, 3.05) is 7.05 Å². The average Bonchev–Trinajstić information content (AvgIpc) is 3.36. The lowest BCUT2D eigenvalue weighted by atomic mass is 10.1. The summed E-state index contributed by atoms with van der Waals surface area (Å²) in [6.45, 7) is 3.74. The van der Waals surface area contributed by atoms with Crippen LogP contribution in [0.5, 0.6) is 0 Å². The van der Waals surface area contributed by atoms with E-state index in [0.717, 1.165) is 23.5 Å². The molecule has 0 unspecified atom stereocenters. The second kappa shape index (κ2) is 7.46. The van der Waals surface area contributed by atoms with Crippen molar-refractivity contribution in [1.82, 2.24) is 39.1 Å². The van der Waals surface area contributed by atoms with Crippen molar-refractivity contribution in [2.45, 2.75) is 26.6 Å². The molecule has 0 radical (unpaired) electrons. The molecule has 9 nitrogen and oxygen atoms in total. The smallest absolute Gasteiger partial charge is 0.337 e. The minimum atomic E-state index is -4.70. The molecule has 0 aliphatic heterocycles. The fourth-order valence-corrected chi connectivity index (χ4v) is 3.64. The van der Waals surface area contributed by atoms with Gasteiger partial charge in [0.25, 0.3) is 5.91 Å². The number of nitrogens with zero attached hydrogens (tertiary/aromatic N) is 8. The predicted octanol–water partition coefficient (Wildman–Crippen LogP) is 2.77. The molecule has 0 aromatic carbocycles. The van der Waals surface area contributed by atoms with Crippen LogP contribution < -0.4 is 0 Å². The zero-order valence-electron chi connectivity index (χ0n) is 18.1. The first kappa shape index (κ1) is 21.5. The molecule has 0 atom stereocenters. The molecule has 0 spiro atoms. The van der Waals surface area contributed by atoms with Crippen molar-refractivity contribution in [3.05, 3.63) is 52.9 Å². The Hall–Kier alpha value is -3.70. The Labute approximate surface area is 181 Å². The highest BCUT2D eigenvalue weighted by Gasteiger charge is 2.36. The fourth-order valence-electron chi connectivity index (χ4n) is 3.64. The van der Waals surface area contributed by atoms with Gasteiger partial charge in [0.05, 0.1) is 23.3 Å². The molecule has 12 heteroatoms. The van der Waals surface area contributed by atoms with E-state index in [1.165, 1.54) is 9.58 Å². The molecular weight excluding hydrogens is 425 g/mol. The second-order valence-electron chi connectivity index (χ2n) is 7.69. The van der Waals surface area contributed by atoms with Crippen LogP contribution in [0.25, 0.3) is 16.9 Å². The summed E-state index contributed by atoms with van der Waals surface area (Å²) in [4.78, 5) is 18.9. The minimum Gasteiger partial charge on any atom is -0.337 e. The zero-order valence-corrected chi connectivity index (χ0v) is 18.1. The van der Waals surface area contributed by atoms with E-state index in [1.807, 2.05) is 6.92 Å². The fraction of sp³-hybridized carbons (Fsp3) is 0.350. The SMILES string of the molecule is Cc1nn(C)cc1CN(C)C(=O)c1cnn2c(C(F)(F)F)cc(-c3cn(C)nc3C)nc12. The van der Waals surface area contributed by atoms with E-state index < -0.39 is 17.8 Å². The van der Waals surface area contributed by atoms with Crippen LogP contribution in [0.2, 0.25) is 0 Å². The van der Waals surface area contributed by atoms with Crippen LogP contribution in [0, 0.1) is 13.8 Å². The van der Waals surface area contributed by atoms with Gasteiger partial charge in [-0.05, 0) is 19.9 Å². The third kappa shape index (κ3) is 3.72. The number of hydrogen-bond acceptors (Lipinski definition) is 5. The quantitative estimate of drug-likeness (QED) is 0.481. The highest BCUT2D eigenvalue weighted by atomic mass is 19.4. The van der Waals surface area contributed by atoms with Crippen molar-refractivity contribution in [1.29, 1.82) is 0 Å². The summed E-state index contributed by atoms with van der Waals surface area (Å²) in [6, 6.07) is 0.918. The van der Waals surface area contributed by atoms with Crippen molar-refractivity contribution >= 4 is 11.6 Å². The molecular formula is C20H21F3N8O. The molecule has 32 heavy (non-hydrogen) atoms. The Balaban J connectivity index is 1.82. The maximum Gasteiger partial charge on any atom is 0.433 e. The normalized spacial score (nSPS) is 12.0. The van der Waals surface area contributed by atoms with Crippen LogP contribution in [0.1, 0.15) is 33.0 Å². The molecule has 0 fully saturated rings. The maximum absolute atomic E-state index is 13.8. The van der Waals surface area contributed by atoms with Gasteiger partial charge in [-0.2, -0.15) is 28.5 Å². The van der Waals surface area contributed by atoms with Gasteiger partial charge in [0.2, 0.25) is 0 Å². The first-order valence-electron chi connectivity index (χ1n) is 9.67. The summed E-state index contributed by atoms with van der Waals surface area (Å²) in [5, 5.41) is 12.3. The molecule has 4 aromatic heterocycles. The molecule has 0 N–H and O–H groups in total. The Kier molecular flexibility index (Phi) is 5.02. The summed E-state index contributed by atoms with van der Waals surface area (Å²) in [5.41, 5.74) is 1.41. The van der Waals surface area contributed by atoms with Gasteiger partial charge in [0, 0.05) is 51.2 Å². The standard InChI is InChI=1S/C20H21F3N8O/c1-11-13(9-29(4)26-11)8-28(3)19(32)14-7-24-31-17(20(21,22)23)6-16(25-18(14)31)15-10-30(5)27-12(15)2/h6-7,9-10H,8H2,1-5H3. The Bertz CT molecular complexity index is 1330. The molecule has 4 aromatic rings.